The first-order chi connectivity index (χ1) is 7.39. The van der Waals surface area contributed by atoms with E-state index in [1.807, 2.05) is 0 Å². The van der Waals surface area contributed by atoms with Crippen molar-refractivity contribution in [3.63, 3.8) is 0 Å². The lowest BCUT2D eigenvalue weighted by atomic mass is 10.1. The van der Waals surface area contributed by atoms with Crippen LogP contribution < -0.4 is 0 Å². The molecule has 0 saturated carbocycles. The summed E-state index contributed by atoms with van der Waals surface area (Å²) in [7, 11) is 0. The Balaban J connectivity index is 2.65. The molecule has 1 atom stereocenters. The SMILES string of the molecule is CC(O)c1cc2c(C(F)(F)F)coc2cn1. The fourth-order valence-corrected chi connectivity index (χ4v) is 1.40. The zero-order valence-corrected chi connectivity index (χ0v) is 8.25. The van der Waals surface area contributed by atoms with Gasteiger partial charge in [0, 0.05) is 5.39 Å². The van der Waals surface area contributed by atoms with Crippen LogP contribution in [0.4, 0.5) is 13.2 Å². The van der Waals surface area contributed by atoms with E-state index >= 15 is 0 Å². The summed E-state index contributed by atoms with van der Waals surface area (Å²) >= 11 is 0. The van der Waals surface area contributed by atoms with Crippen molar-refractivity contribution in [2.75, 3.05) is 0 Å². The molecule has 0 radical (unpaired) electrons. The number of fused-ring (bicyclic) bond motifs is 1. The zero-order chi connectivity index (χ0) is 11.9. The molecule has 1 N–H and O–H groups in total. The zero-order valence-electron chi connectivity index (χ0n) is 8.25. The van der Waals surface area contributed by atoms with Gasteiger partial charge in [0.1, 0.15) is 11.8 Å². The first kappa shape index (κ1) is 10.9. The van der Waals surface area contributed by atoms with E-state index in [1.165, 1.54) is 19.2 Å². The van der Waals surface area contributed by atoms with Crippen molar-refractivity contribution in [3.05, 3.63) is 29.8 Å². The molecule has 3 nitrogen and oxygen atoms in total. The maximum atomic E-state index is 12.5. The molecule has 16 heavy (non-hydrogen) atoms. The third-order valence-electron chi connectivity index (χ3n) is 2.22. The van der Waals surface area contributed by atoms with Crippen LogP contribution in [0, 0.1) is 0 Å². The summed E-state index contributed by atoms with van der Waals surface area (Å²) in [6.07, 6.45) is -3.56. The average Bonchev–Trinajstić information content (AvgIpc) is 2.58. The Morgan fingerprint density at radius 1 is 1.44 bits per heavy atom. The molecule has 2 heterocycles. The van der Waals surface area contributed by atoms with Crippen LogP contribution in [-0.2, 0) is 6.18 Å². The number of rotatable bonds is 1. The highest BCUT2D eigenvalue weighted by Crippen LogP contribution is 2.36. The largest absolute Gasteiger partial charge is 0.462 e. The Bertz CT molecular complexity index is 516. The number of hydrogen-bond acceptors (Lipinski definition) is 3. The fourth-order valence-electron chi connectivity index (χ4n) is 1.40. The van der Waals surface area contributed by atoms with Gasteiger partial charge in [-0.1, -0.05) is 0 Å². The van der Waals surface area contributed by atoms with Crippen molar-refractivity contribution in [1.82, 2.24) is 4.98 Å². The second-order valence-corrected chi connectivity index (χ2v) is 3.43. The maximum Gasteiger partial charge on any atom is 0.420 e. The highest BCUT2D eigenvalue weighted by Gasteiger charge is 2.34. The van der Waals surface area contributed by atoms with Gasteiger partial charge in [-0.2, -0.15) is 13.2 Å². The summed E-state index contributed by atoms with van der Waals surface area (Å²) < 4.78 is 42.4. The Kier molecular flexibility index (Phi) is 2.38. The second-order valence-electron chi connectivity index (χ2n) is 3.43. The predicted octanol–water partition coefficient (Wildman–Crippen LogP) is 2.90. The van der Waals surface area contributed by atoms with E-state index in [0.29, 0.717) is 6.26 Å². The molecule has 2 aromatic heterocycles. The van der Waals surface area contributed by atoms with Crippen molar-refractivity contribution in [2.45, 2.75) is 19.2 Å². The molecular weight excluding hydrogens is 223 g/mol. The Morgan fingerprint density at radius 2 is 2.12 bits per heavy atom. The molecule has 0 amide bonds. The highest BCUT2D eigenvalue weighted by atomic mass is 19.4. The number of pyridine rings is 1. The molecule has 2 rings (SSSR count). The molecule has 2 aromatic rings. The predicted molar refractivity (Wildman–Crippen MR) is 49.6 cm³/mol. The van der Waals surface area contributed by atoms with Gasteiger partial charge in [-0.25, -0.2) is 0 Å². The van der Waals surface area contributed by atoms with Crippen LogP contribution in [0.15, 0.2) is 22.9 Å². The van der Waals surface area contributed by atoms with Crippen molar-refractivity contribution < 1.29 is 22.7 Å². The highest BCUT2D eigenvalue weighted by molar-refractivity contribution is 5.81. The lowest BCUT2D eigenvalue weighted by Crippen LogP contribution is -2.04. The molecule has 0 fully saturated rings. The Hall–Kier alpha value is -1.56. The molecule has 0 spiro atoms. The summed E-state index contributed by atoms with van der Waals surface area (Å²) in [6, 6.07) is 1.19. The smallest absolute Gasteiger partial charge is 0.420 e. The molecule has 0 saturated heterocycles. The van der Waals surface area contributed by atoms with Crippen molar-refractivity contribution in [3.8, 4) is 0 Å². The first-order valence-corrected chi connectivity index (χ1v) is 4.52. The fraction of sp³-hybridized carbons (Fsp3) is 0.300. The quantitative estimate of drug-likeness (QED) is 0.820. The Morgan fingerprint density at radius 3 is 2.69 bits per heavy atom. The van der Waals surface area contributed by atoms with Gasteiger partial charge in [-0.3, -0.25) is 4.98 Å². The molecular formula is C10H8F3NO2. The molecule has 0 bridgehead atoms. The number of halogens is 3. The van der Waals surface area contributed by atoms with Crippen LogP contribution in [0.5, 0.6) is 0 Å². The molecule has 86 valence electrons. The van der Waals surface area contributed by atoms with Crippen LogP contribution in [-0.4, -0.2) is 10.1 Å². The monoisotopic (exact) mass is 231 g/mol. The number of alkyl halides is 3. The summed E-state index contributed by atoms with van der Waals surface area (Å²) in [4.78, 5) is 3.79. The molecule has 0 aliphatic heterocycles. The van der Waals surface area contributed by atoms with E-state index in [2.05, 4.69) is 4.98 Å². The van der Waals surface area contributed by atoms with Crippen LogP contribution in [0.1, 0.15) is 24.3 Å². The van der Waals surface area contributed by atoms with Crippen molar-refractivity contribution in [1.29, 1.82) is 0 Å². The van der Waals surface area contributed by atoms with E-state index in [9.17, 15) is 18.3 Å². The van der Waals surface area contributed by atoms with E-state index in [1.54, 1.807) is 0 Å². The van der Waals surface area contributed by atoms with Crippen molar-refractivity contribution >= 4 is 11.0 Å². The summed E-state index contributed by atoms with van der Waals surface area (Å²) in [6.45, 7) is 1.43. The molecule has 6 heteroatoms. The minimum atomic E-state index is -4.47. The van der Waals surface area contributed by atoms with Gasteiger partial charge in [0.2, 0.25) is 0 Å². The van der Waals surface area contributed by atoms with Gasteiger partial charge in [0.25, 0.3) is 0 Å². The number of aliphatic hydroxyl groups is 1. The van der Waals surface area contributed by atoms with E-state index < -0.39 is 17.8 Å². The van der Waals surface area contributed by atoms with E-state index in [4.69, 9.17) is 4.42 Å². The number of nitrogens with zero attached hydrogens (tertiary/aromatic N) is 1. The third-order valence-corrected chi connectivity index (χ3v) is 2.22. The first-order valence-electron chi connectivity index (χ1n) is 4.52. The molecule has 0 aliphatic rings. The summed E-state index contributed by atoms with van der Waals surface area (Å²) in [5.41, 5.74) is -0.622. The van der Waals surface area contributed by atoms with Crippen LogP contribution >= 0.6 is 0 Å². The molecule has 1 unspecified atom stereocenters. The number of hydrogen-bond donors (Lipinski definition) is 1. The topological polar surface area (TPSA) is 46.3 Å². The normalized spacial score (nSPS) is 14.3. The lowest BCUT2D eigenvalue weighted by Gasteiger charge is -2.05. The van der Waals surface area contributed by atoms with E-state index in [-0.39, 0.29) is 16.7 Å². The minimum absolute atomic E-state index is 0.0525. The van der Waals surface area contributed by atoms with Crippen LogP contribution in [0.3, 0.4) is 0 Å². The average molecular weight is 231 g/mol. The maximum absolute atomic E-state index is 12.5. The molecule has 0 aliphatic carbocycles. The number of aliphatic hydroxyl groups excluding tert-OH is 1. The number of furan rings is 1. The van der Waals surface area contributed by atoms with E-state index in [0.717, 1.165) is 0 Å². The second kappa shape index (κ2) is 3.48. The summed E-state index contributed by atoms with van der Waals surface area (Å²) in [5.74, 6) is 0. The minimum Gasteiger partial charge on any atom is -0.462 e. The lowest BCUT2D eigenvalue weighted by molar-refractivity contribution is -0.136. The van der Waals surface area contributed by atoms with Gasteiger partial charge in [-0.15, -0.1) is 0 Å². The Labute approximate surface area is 88.5 Å². The van der Waals surface area contributed by atoms with Gasteiger partial charge in [0.05, 0.1) is 18.0 Å². The summed E-state index contributed by atoms with van der Waals surface area (Å²) in [5, 5.41) is 9.16. The van der Waals surface area contributed by atoms with Gasteiger partial charge in [0.15, 0.2) is 5.58 Å². The van der Waals surface area contributed by atoms with Gasteiger partial charge in [-0.05, 0) is 13.0 Å². The van der Waals surface area contributed by atoms with Gasteiger partial charge < -0.3 is 9.52 Å². The molecule has 0 aromatic carbocycles. The van der Waals surface area contributed by atoms with Crippen LogP contribution in [0.2, 0.25) is 0 Å². The van der Waals surface area contributed by atoms with Crippen molar-refractivity contribution in [2.24, 2.45) is 0 Å². The number of aromatic nitrogens is 1. The standard InChI is InChI=1S/C10H8F3NO2/c1-5(15)8-2-6-7(10(11,12)13)4-16-9(6)3-14-8/h2-5,15H,1H3. The van der Waals surface area contributed by atoms with Gasteiger partial charge >= 0.3 is 6.18 Å². The third kappa shape index (κ3) is 1.76. The van der Waals surface area contributed by atoms with Crippen LogP contribution in [0.25, 0.3) is 11.0 Å².